The van der Waals surface area contributed by atoms with Gasteiger partial charge in [-0.1, -0.05) is 0 Å². The highest BCUT2D eigenvalue weighted by Gasteiger charge is 2.29. The number of likely N-dealkylation sites (N-methyl/N-ethyl adjacent to an activating group) is 1. The second-order valence-corrected chi connectivity index (χ2v) is 8.00. The lowest BCUT2D eigenvalue weighted by Gasteiger charge is -2.32. The summed E-state index contributed by atoms with van der Waals surface area (Å²) in [6.45, 7) is 5.58. The Morgan fingerprint density at radius 3 is 2.45 bits per heavy atom. The summed E-state index contributed by atoms with van der Waals surface area (Å²) >= 11 is 0.922. The topological polar surface area (TPSA) is 86.7 Å². The molecule has 0 amide bonds. The second-order valence-electron chi connectivity index (χ2n) is 5.41. The number of carboxylic acid groups (broad SMARTS) is 1. The molecular weight excluding hydrogens is 300 g/mol. The first-order valence-electron chi connectivity index (χ1n) is 5.97. The van der Waals surface area contributed by atoms with E-state index in [-0.39, 0.29) is 21.9 Å². The molecule has 8 heteroatoms. The zero-order chi connectivity index (χ0) is 15.7. The van der Waals surface area contributed by atoms with Crippen LogP contribution in [-0.4, -0.2) is 50.6 Å². The van der Waals surface area contributed by atoms with Gasteiger partial charge in [0.1, 0.15) is 9.77 Å². The first-order chi connectivity index (χ1) is 8.99. The van der Waals surface area contributed by atoms with Gasteiger partial charge >= 0.3 is 5.97 Å². The molecule has 2 N–H and O–H groups in total. The standard InChI is InChI=1S/C12H20N2O4S2/c1-8-6-19-9(11(15)16)10(8)20(17,18)13-7-12(2,3)14(4)5/h6,13H,7H2,1-5H3,(H,15,16). The zero-order valence-electron chi connectivity index (χ0n) is 12.2. The normalized spacial score (nSPS) is 12.9. The summed E-state index contributed by atoms with van der Waals surface area (Å²) in [5, 5.41) is 10.6. The third-order valence-electron chi connectivity index (χ3n) is 3.29. The average Bonchev–Trinajstić information content (AvgIpc) is 2.69. The minimum absolute atomic E-state index is 0.135. The largest absolute Gasteiger partial charge is 0.477 e. The molecule has 0 spiro atoms. The smallest absolute Gasteiger partial charge is 0.347 e. The minimum atomic E-state index is -3.84. The van der Waals surface area contributed by atoms with Crippen LogP contribution in [0.2, 0.25) is 0 Å². The maximum absolute atomic E-state index is 12.3. The van der Waals surface area contributed by atoms with Gasteiger partial charge in [-0.2, -0.15) is 0 Å². The fourth-order valence-electron chi connectivity index (χ4n) is 1.42. The van der Waals surface area contributed by atoms with Crippen molar-refractivity contribution in [3.05, 3.63) is 15.8 Å². The summed E-state index contributed by atoms with van der Waals surface area (Å²) < 4.78 is 27.1. The van der Waals surface area contributed by atoms with Gasteiger partial charge in [0.15, 0.2) is 0 Å². The average molecular weight is 320 g/mol. The molecule has 1 aromatic rings. The van der Waals surface area contributed by atoms with Crippen LogP contribution in [0, 0.1) is 6.92 Å². The van der Waals surface area contributed by atoms with Crippen LogP contribution in [0.3, 0.4) is 0 Å². The van der Waals surface area contributed by atoms with Gasteiger partial charge in [-0.15, -0.1) is 11.3 Å². The van der Waals surface area contributed by atoms with Crippen molar-refractivity contribution in [3.63, 3.8) is 0 Å². The van der Waals surface area contributed by atoms with Gasteiger partial charge in [0.05, 0.1) is 0 Å². The van der Waals surface area contributed by atoms with E-state index in [0.717, 1.165) is 11.3 Å². The number of carbonyl (C=O) groups is 1. The molecule has 0 aromatic carbocycles. The number of nitrogens with one attached hydrogen (secondary N) is 1. The van der Waals surface area contributed by atoms with Gasteiger partial charge in [-0.25, -0.2) is 17.9 Å². The predicted octanol–water partition coefficient (Wildman–Crippen LogP) is 1.37. The number of nitrogens with zero attached hydrogens (tertiary/aromatic N) is 1. The Labute approximate surface area is 123 Å². The van der Waals surface area contributed by atoms with Gasteiger partial charge < -0.3 is 10.0 Å². The van der Waals surface area contributed by atoms with Crippen molar-refractivity contribution in [3.8, 4) is 0 Å². The van der Waals surface area contributed by atoms with Crippen LogP contribution >= 0.6 is 11.3 Å². The monoisotopic (exact) mass is 320 g/mol. The number of hydrogen-bond donors (Lipinski definition) is 2. The third-order valence-corrected chi connectivity index (χ3v) is 6.09. The summed E-state index contributed by atoms with van der Waals surface area (Å²) in [5.41, 5.74) is 0.0722. The van der Waals surface area contributed by atoms with Crippen molar-refractivity contribution < 1.29 is 18.3 Å². The highest BCUT2D eigenvalue weighted by atomic mass is 32.2. The molecule has 0 saturated heterocycles. The first kappa shape index (κ1) is 17.1. The van der Waals surface area contributed by atoms with Crippen molar-refractivity contribution in [2.75, 3.05) is 20.6 Å². The van der Waals surface area contributed by atoms with E-state index in [4.69, 9.17) is 5.11 Å². The van der Waals surface area contributed by atoms with Crippen molar-refractivity contribution in [1.82, 2.24) is 9.62 Å². The number of aryl methyl sites for hydroxylation is 1. The van der Waals surface area contributed by atoms with Crippen molar-refractivity contribution in [2.24, 2.45) is 0 Å². The molecular formula is C12H20N2O4S2. The van der Waals surface area contributed by atoms with E-state index in [0.29, 0.717) is 5.56 Å². The van der Waals surface area contributed by atoms with Crippen LogP contribution in [0.15, 0.2) is 10.3 Å². The summed E-state index contributed by atoms with van der Waals surface area (Å²) in [4.78, 5) is 12.7. The van der Waals surface area contributed by atoms with E-state index in [1.54, 1.807) is 6.92 Å². The summed E-state index contributed by atoms with van der Waals surface area (Å²) in [7, 11) is -0.129. The number of rotatable bonds is 6. The molecule has 0 bridgehead atoms. The number of thiophene rings is 1. The molecule has 6 nitrogen and oxygen atoms in total. The number of carboxylic acids is 1. The van der Waals surface area contributed by atoms with E-state index in [1.807, 2.05) is 32.8 Å². The molecule has 0 aliphatic carbocycles. The van der Waals surface area contributed by atoms with Gasteiger partial charge in [0.25, 0.3) is 0 Å². The second kappa shape index (κ2) is 5.80. The van der Waals surface area contributed by atoms with Crippen LogP contribution in [0.4, 0.5) is 0 Å². The molecule has 0 aliphatic heterocycles. The van der Waals surface area contributed by atoms with Crippen LogP contribution in [0.1, 0.15) is 29.1 Å². The van der Waals surface area contributed by atoms with Crippen molar-refractivity contribution in [1.29, 1.82) is 0 Å². The molecule has 0 unspecified atom stereocenters. The van der Waals surface area contributed by atoms with Gasteiger partial charge in [0.2, 0.25) is 10.0 Å². The number of sulfonamides is 1. The zero-order valence-corrected chi connectivity index (χ0v) is 13.9. The molecule has 0 atom stereocenters. The van der Waals surface area contributed by atoms with Crippen molar-refractivity contribution in [2.45, 2.75) is 31.2 Å². The Bertz CT molecular complexity index is 603. The van der Waals surface area contributed by atoms with E-state index in [9.17, 15) is 13.2 Å². The quantitative estimate of drug-likeness (QED) is 0.827. The first-order valence-corrected chi connectivity index (χ1v) is 8.34. The fourth-order valence-corrected chi connectivity index (χ4v) is 4.25. The molecule has 0 fully saturated rings. The molecule has 114 valence electrons. The maximum Gasteiger partial charge on any atom is 0.347 e. The summed E-state index contributed by atoms with van der Waals surface area (Å²) in [6.07, 6.45) is 0. The SMILES string of the molecule is Cc1csc(C(=O)O)c1S(=O)(=O)NCC(C)(C)N(C)C. The molecule has 0 radical (unpaired) electrons. The lowest BCUT2D eigenvalue weighted by molar-refractivity contribution is 0.0698. The van der Waals surface area contributed by atoms with E-state index in [2.05, 4.69) is 4.72 Å². The Morgan fingerprint density at radius 1 is 1.45 bits per heavy atom. The molecule has 20 heavy (non-hydrogen) atoms. The fraction of sp³-hybridized carbons (Fsp3) is 0.583. The Balaban J connectivity index is 3.07. The lowest BCUT2D eigenvalue weighted by Crippen LogP contribution is -2.48. The third kappa shape index (κ3) is 3.57. The van der Waals surface area contributed by atoms with E-state index in [1.165, 1.54) is 5.38 Å². The van der Waals surface area contributed by atoms with Gasteiger partial charge in [-0.3, -0.25) is 0 Å². The van der Waals surface area contributed by atoms with Crippen molar-refractivity contribution >= 4 is 27.3 Å². The molecule has 0 aliphatic rings. The van der Waals surface area contributed by atoms with Crippen LogP contribution in [0.25, 0.3) is 0 Å². The Hall–Kier alpha value is -0.960. The predicted molar refractivity (Wildman–Crippen MR) is 79.0 cm³/mol. The van der Waals surface area contributed by atoms with Crippen LogP contribution in [-0.2, 0) is 10.0 Å². The number of hydrogen-bond acceptors (Lipinski definition) is 5. The molecule has 1 rings (SSSR count). The van der Waals surface area contributed by atoms with Gasteiger partial charge in [-0.05, 0) is 45.8 Å². The molecule has 1 aromatic heterocycles. The van der Waals surface area contributed by atoms with Crippen LogP contribution in [0.5, 0.6) is 0 Å². The summed E-state index contributed by atoms with van der Waals surface area (Å²) in [5.74, 6) is -1.23. The molecule has 0 saturated carbocycles. The van der Waals surface area contributed by atoms with Gasteiger partial charge in [0, 0.05) is 12.1 Å². The minimum Gasteiger partial charge on any atom is -0.477 e. The van der Waals surface area contributed by atoms with E-state index >= 15 is 0 Å². The Morgan fingerprint density at radius 2 is 2.00 bits per heavy atom. The highest BCUT2D eigenvalue weighted by Crippen LogP contribution is 2.27. The maximum atomic E-state index is 12.3. The highest BCUT2D eigenvalue weighted by molar-refractivity contribution is 7.89. The Kier molecular flexibility index (Phi) is 4.96. The summed E-state index contributed by atoms with van der Waals surface area (Å²) in [6, 6.07) is 0. The number of aromatic carboxylic acids is 1. The van der Waals surface area contributed by atoms with Crippen LogP contribution < -0.4 is 4.72 Å². The molecule has 1 heterocycles. The van der Waals surface area contributed by atoms with E-state index < -0.39 is 16.0 Å². The lowest BCUT2D eigenvalue weighted by atomic mass is 10.1.